The largest absolute Gasteiger partial charge is 0.480 e. The number of anilines is 1. The van der Waals surface area contributed by atoms with Crippen LogP contribution in [0, 0.1) is 11.3 Å². The zero-order chi connectivity index (χ0) is 13.3. The van der Waals surface area contributed by atoms with Crippen molar-refractivity contribution < 1.29 is 9.90 Å². The lowest BCUT2D eigenvalue weighted by Gasteiger charge is -2.22. The predicted octanol–water partition coefficient (Wildman–Crippen LogP) is 1.31. The number of nitrogens with zero attached hydrogens (tertiary/aromatic N) is 2. The number of halogens is 1. The molecule has 1 unspecified atom stereocenters. The van der Waals surface area contributed by atoms with E-state index in [1.54, 1.807) is 12.1 Å². The standard InChI is InChI=1S/C12H12BrN3O2/c13-10-5-9(2-1-8(10)6-14)16-4-3-12(15,7-16)11(17)18/h1-2,5H,3-4,7,15H2,(H,17,18). The maximum atomic E-state index is 11.1. The summed E-state index contributed by atoms with van der Waals surface area (Å²) in [5.74, 6) is -0.974. The fraction of sp³-hybridized carbons (Fsp3) is 0.333. The number of nitriles is 1. The summed E-state index contributed by atoms with van der Waals surface area (Å²) in [5.41, 5.74) is 6.06. The lowest BCUT2D eigenvalue weighted by Crippen LogP contribution is -2.50. The van der Waals surface area contributed by atoms with Gasteiger partial charge >= 0.3 is 5.97 Å². The first-order valence-corrected chi connectivity index (χ1v) is 6.22. The molecule has 0 radical (unpaired) electrons. The summed E-state index contributed by atoms with van der Waals surface area (Å²) >= 11 is 3.32. The summed E-state index contributed by atoms with van der Waals surface area (Å²) in [6, 6.07) is 7.38. The average molecular weight is 310 g/mol. The van der Waals surface area contributed by atoms with Crippen LogP contribution in [0.1, 0.15) is 12.0 Å². The number of aliphatic carboxylic acids is 1. The van der Waals surface area contributed by atoms with Crippen LogP contribution in [-0.4, -0.2) is 29.7 Å². The normalized spacial score (nSPS) is 22.8. The Morgan fingerprint density at radius 3 is 2.83 bits per heavy atom. The van der Waals surface area contributed by atoms with Crippen molar-refractivity contribution in [1.29, 1.82) is 5.26 Å². The summed E-state index contributed by atoms with van der Waals surface area (Å²) in [7, 11) is 0. The average Bonchev–Trinajstić information content (AvgIpc) is 2.73. The number of carboxylic acid groups (broad SMARTS) is 1. The molecule has 0 aromatic heterocycles. The van der Waals surface area contributed by atoms with Crippen LogP contribution in [0.2, 0.25) is 0 Å². The molecule has 1 aliphatic rings. The third kappa shape index (κ3) is 2.19. The van der Waals surface area contributed by atoms with Crippen LogP contribution in [0.3, 0.4) is 0 Å². The molecule has 1 saturated heterocycles. The minimum absolute atomic E-state index is 0.278. The quantitative estimate of drug-likeness (QED) is 0.859. The van der Waals surface area contributed by atoms with Gasteiger partial charge in [0.15, 0.2) is 0 Å². The summed E-state index contributed by atoms with van der Waals surface area (Å²) in [6.45, 7) is 0.877. The molecule has 1 fully saturated rings. The monoisotopic (exact) mass is 309 g/mol. The first-order chi connectivity index (χ1) is 8.46. The van der Waals surface area contributed by atoms with E-state index < -0.39 is 11.5 Å². The molecule has 1 aromatic carbocycles. The minimum atomic E-state index is -1.18. The van der Waals surface area contributed by atoms with Gasteiger partial charge in [0.05, 0.1) is 5.56 Å². The van der Waals surface area contributed by atoms with Crippen molar-refractivity contribution in [2.24, 2.45) is 5.73 Å². The Balaban J connectivity index is 2.23. The van der Waals surface area contributed by atoms with E-state index in [1.807, 2.05) is 11.0 Å². The SMILES string of the molecule is N#Cc1ccc(N2CCC(N)(C(=O)O)C2)cc1Br. The molecule has 0 aliphatic carbocycles. The zero-order valence-electron chi connectivity index (χ0n) is 9.56. The van der Waals surface area contributed by atoms with Crippen molar-refractivity contribution in [3.05, 3.63) is 28.2 Å². The van der Waals surface area contributed by atoms with E-state index in [0.29, 0.717) is 23.0 Å². The third-order valence-corrected chi connectivity index (χ3v) is 3.82. The van der Waals surface area contributed by atoms with Crippen molar-refractivity contribution in [2.75, 3.05) is 18.0 Å². The molecular weight excluding hydrogens is 298 g/mol. The number of carbonyl (C=O) groups is 1. The van der Waals surface area contributed by atoms with E-state index in [1.165, 1.54) is 0 Å². The maximum Gasteiger partial charge on any atom is 0.325 e. The Hall–Kier alpha value is -1.58. The molecule has 94 valence electrons. The Bertz CT molecular complexity index is 541. The summed E-state index contributed by atoms with van der Waals surface area (Å²) in [6.07, 6.45) is 0.417. The Morgan fingerprint density at radius 1 is 1.61 bits per heavy atom. The van der Waals surface area contributed by atoms with E-state index >= 15 is 0 Å². The second kappa shape index (κ2) is 4.59. The van der Waals surface area contributed by atoms with Gasteiger partial charge in [0.25, 0.3) is 0 Å². The maximum absolute atomic E-state index is 11.1. The number of hydrogen-bond acceptors (Lipinski definition) is 4. The molecule has 0 amide bonds. The van der Waals surface area contributed by atoms with Gasteiger partial charge in [-0.3, -0.25) is 4.79 Å². The van der Waals surface area contributed by atoms with E-state index in [9.17, 15) is 4.79 Å². The first kappa shape index (κ1) is 12.9. The smallest absolute Gasteiger partial charge is 0.325 e. The zero-order valence-corrected chi connectivity index (χ0v) is 11.1. The van der Waals surface area contributed by atoms with Gasteiger partial charge in [-0.2, -0.15) is 5.26 Å². The van der Waals surface area contributed by atoms with Crippen LogP contribution in [0.25, 0.3) is 0 Å². The lowest BCUT2D eigenvalue weighted by atomic mass is 10.0. The van der Waals surface area contributed by atoms with E-state index in [4.69, 9.17) is 16.1 Å². The molecule has 1 atom stereocenters. The third-order valence-electron chi connectivity index (χ3n) is 3.17. The highest BCUT2D eigenvalue weighted by Crippen LogP contribution is 2.29. The van der Waals surface area contributed by atoms with Crippen LogP contribution < -0.4 is 10.6 Å². The van der Waals surface area contributed by atoms with Gasteiger partial charge in [0, 0.05) is 23.2 Å². The molecule has 1 heterocycles. The molecule has 6 heteroatoms. The van der Waals surface area contributed by atoms with Crippen LogP contribution in [0.15, 0.2) is 22.7 Å². The fourth-order valence-corrected chi connectivity index (χ4v) is 2.47. The molecule has 18 heavy (non-hydrogen) atoms. The highest BCUT2D eigenvalue weighted by Gasteiger charge is 2.41. The van der Waals surface area contributed by atoms with E-state index in [2.05, 4.69) is 22.0 Å². The summed E-state index contributed by atoms with van der Waals surface area (Å²) < 4.78 is 0.701. The highest BCUT2D eigenvalue weighted by atomic mass is 79.9. The van der Waals surface area contributed by atoms with Crippen LogP contribution in [0.4, 0.5) is 5.69 Å². The van der Waals surface area contributed by atoms with Crippen molar-refractivity contribution in [3.63, 3.8) is 0 Å². The molecule has 5 nitrogen and oxygen atoms in total. The second-order valence-electron chi connectivity index (χ2n) is 4.41. The number of hydrogen-bond donors (Lipinski definition) is 2. The van der Waals surface area contributed by atoms with Gasteiger partial charge in [-0.1, -0.05) is 0 Å². The molecular formula is C12H12BrN3O2. The van der Waals surface area contributed by atoms with Gasteiger partial charge in [-0.25, -0.2) is 0 Å². The minimum Gasteiger partial charge on any atom is -0.480 e. The van der Waals surface area contributed by atoms with Gasteiger partial charge in [0.2, 0.25) is 0 Å². The lowest BCUT2D eigenvalue weighted by molar-refractivity contribution is -0.142. The number of carboxylic acids is 1. The van der Waals surface area contributed by atoms with E-state index in [-0.39, 0.29) is 6.54 Å². The second-order valence-corrected chi connectivity index (χ2v) is 5.26. The van der Waals surface area contributed by atoms with Crippen LogP contribution in [0.5, 0.6) is 0 Å². The molecule has 1 aromatic rings. The Labute approximate surface area is 113 Å². The van der Waals surface area contributed by atoms with Gasteiger partial charge in [0.1, 0.15) is 11.6 Å². The Kier molecular flexibility index (Phi) is 3.28. The van der Waals surface area contributed by atoms with Gasteiger partial charge in [-0.15, -0.1) is 0 Å². The molecule has 0 spiro atoms. The van der Waals surface area contributed by atoms with Crippen molar-refractivity contribution in [3.8, 4) is 6.07 Å². The summed E-state index contributed by atoms with van der Waals surface area (Å²) in [4.78, 5) is 13.0. The molecule has 2 rings (SSSR count). The van der Waals surface area contributed by atoms with E-state index in [0.717, 1.165) is 5.69 Å². The topological polar surface area (TPSA) is 90.4 Å². The molecule has 1 aliphatic heterocycles. The number of benzene rings is 1. The van der Waals surface area contributed by atoms with Crippen molar-refractivity contribution in [2.45, 2.75) is 12.0 Å². The molecule has 3 N–H and O–H groups in total. The van der Waals surface area contributed by atoms with Crippen molar-refractivity contribution >= 4 is 27.6 Å². The summed E-state index contributed by atoms with van der Waals surface area (Å²) in [5, 5.41) is 17.9. The van der Waals surface area contributed by atoms with Crippen LogP contribution in [-0.2, 0) is 4.79 Å². The fourth-order valence-electron chi connectivity index (χ4n) is 2.02. The molecule has 0 saturated carbocycles. The predicted molar refractivity (Wildman–Crippen MR) is 70.2 cm³/mol. The number of rotatable bonds is 2. The van der Waals surface area contributed by atoms with Gasteiger partial charge in [-0.05, 0) is 40.5 Å². The van der Waals surface area contributed by atoms with Gasteiger partial charge < -0.3 is 15.7 Å². The highest BCUT2D eigenvalue weighted by molar-refractivity contribution is 9.10. The first-order valence-electron chi connectivity index (χ1n) is 5.43. The van der Waals surface area contributed by atoms with Crippen LogP contribution >= 0.6 is 15.9 Å². The Morgan fingerprint density at radius 2 is 2.33 bits per heavy atom. The number of nitrogens with two attached hydrogens (primary N) is 1. The van der Waals surface area contributed by atoms with Crippen molar-refractivity contribution in [1.82, 2.24) is 0 Å². The molecule has 0 bridgehead atoms.